The molecule has 0 atom stereocenters. The van der Waals surface area contributed by atoms with Gasteiger partial charge < -0.3 is 4.74 Å². The zero-order valence-corrected chi connectivity index (χ0v) is 10.4. The maximum absolute atomic E-state index is 11.9. The molecule has 0 radical (unpaired) electrons. The molecule has 2 rings (SSSR count). The lowest BCUT2D eigenvalue weighted by Gasteiger charge is -2.05. The van der Waals surface area contributed by atoms with Crippen molar-refractivity contribution in [2.24, 2.45) is 0 Å². The van der Waals surface area contributed by atoms with Gasteiger partial charge in [0.15, 0.2) is 5.78 Å². The van der Waals surface area contributed by atoms with Gasteiger partial charge in [-0.3, -0.25) is 4.79 Å². The maximum Gasteiger partial charge on any atom is 0.166 e. The Morgan fingerprint density at radius 2 is 1.67 bits per heavy atom. The second-order valence-electron chi connectivity index (χ2n) is 4.20. The van der Waals surface area contributed by atoms with Crippen molar-refractivity contribution in [2.75, 3.05) is 6.61 Å². The van der Waals surface area contributed by atoms with Gasteiger partial charge in [-0.05, 0) is 19.1 Å². The molecule has 92 valence electrons. The van der Waals surface area contributed by atoms with Gasteiger partial charge >= 0.3 is 0 Å². The van der Waals surface area contributed by atoms with Crippen LogP contribution in [0.3, 0.4) is 0 Å². The van der Waals surface area contributed by atoms with Crippen LogP contribution < -0.4 is 4.74 Å². The molecule has 0 fully saturated rings. The van der Waals surface area contributed by atoms with Gasteiger partial charge in [0.1, 0.15) is 5.75 Å². The lowest BCUT2D eigenvalue weighted by Crippen LogP contribution is -2.06. The molecule has 0 unspecified atom stereocenters. The highest BCUT2D eigenvalue weighted by molar-refractivity contribution is 5.96. The Kier molecular flexibility index (Phi) is 4.13. The Hall–Kier alpha value is -2.09. The van der Waals surface area contributed by atoms with Crippen molar-refractivity contribution in [1.29, 1.82) is 0 Å². The third-order valence-corrected chi connectivity index (χ3v) is 2.71. The van der Waals surface area contributed by atoms with E-state index < -0.39 is 0 Å². The third-order valence-electron chi connectivity index (χ3n) is 2.71. The standard InChI is InChI=1S/C16H16O2/c1-13-7-9-14(10-8-13)16(17)11-12-18-15-5-3-2-4-6-15/h2-10H,11-12H2,1H3. The van der Waals surface area contributed by atoms with Crippen LogP contribution in [0, 0.1) is 6.92 Å². The van der Waals surface area contributed by atoms with Crippen LogP contribution in [0.1, 0.15) is 22.3 Å². The highest BCUT2D eigenvalue weighted by Gasteiger charge is 2.05. The van der Waals surface area contributed by atoms with E-state index in [2.05, 4.69) is 0 Å². The van der Waals surface area contributed by atoms with E-state index in [-0.39, 0.29) is 5.78 Å². The molecule has 0 saturated carbocycles. The second kappa shape index (κ2) is 6.01. The molecule has 0 N–H and O–H groups in total. The van der Waals surface area contributed by atoms with Crippen LogP contribution in [-0.4, -0.2) is 12.4 Å². The van der Waals surface area contributed by atoms with Gasteiger partial charge in [0.2, 0.25) is 0 Å². The molecule has 0 aromatic heterocycles. The van der Waals surface area contributed by atoms with E-state index in [4.69, 9.17) is 4.74 Å². The van der Waals surface area contributed by atoms with Gasteiger partial charge in [-0.15, -0.1) is 0 Å². The number of carbonyl (C=O) groups is 1. The number of rotatable bonds is 5. The number of para-hydroxylation sites is 1. The monoisotopic (exact) mass is 240 g/mol. The second-order valence-corrected chi connectivity index (χ2v) is 4.20. The number of hydrogen-bond acceptors (Lipinski definition) is 2. The molecule has 0 saturated heterocycles. The van der Waals surface area contributed by atoms with Crippen LogP contribution in [0.5, 0.6) is 5.75 Å². The summed E-state index contributed by atoms with van der Waals surface area (Å²) in [5.41, 5.74) is 1.91. The molecular formula is C16H16O2. The van der Waals surface area contributed by atoms with E-state index in [1.54, 1.807) is 0 Å². The molecule has 0 heterocycles. The van der Waals surface area contributed by atoms with Gasteiger partial charge in [-0.2, -0.15) is 0 Å². The average molecular weight is 240 g/mol. The largest absolute Gasteiger partial charge is 0.493 e. The van der Waals surface area contributed by atoms with Gasteiger partial charge in [-0.25, -0.2) is 0 Å². The van der Waals surface area contributed by atoms with Crippen LogP contribution >= 0.6 is 0 Å². The summed E-state index contributed by atoms with van der Waals surface area (Å²) in [5, 5.41) is 0. The minimum absolute atomic E-state index is 0.117. The first-order valence-corrected chi connectivity index (χ1v) is 6.03. The molecule has 0 spiro atoms. The summed E-state index contributed by atoms with van der Waals surface area (Å²) in [4.78, 5) is 11.9. The summed E-state index contributed by atoms with van der Waals surface area (Å²) < 4.78 is 5.50. The Labute approximate surface area is 107 Å². The molecule has 2 aromatic rings. The SMILES string of the molecule is Cc1ccc(C(=O)CCOc2ccccc2)cc1. The van der Waals surface area contributed by atoms with Crippen molar-refractivity contribution >= 4 is 5.78 Å². The predicted octanol–water partition coefficient (Wildman–Crippen LogP) is 3.65. The minimum atomic E-state index is 0.117. The third kappa shape index (κ3) is 3.45. The number of hydrogen-bond donors (Lipinski definition) is 0. The lowest BCUT2D eigenvalue weighted by atomic mass is 10.1. The zero-order chi connectivity index (χ0) is 12.8. The minimum Gasteiger partial charge on any atom is -0.493 e. The number of aryl methyl sites for hydroxylation is 1. The van der Waals surface area contributed by atoms with E-state index >= 15 is 0 Å². The molecule has 0 bridgehead atoms. The smallest absolute Gasteiger partial charge is 0.166 e. The molecule has 0 aliphatic rings. The number of ether oxygens (including phenoxy) is 1. The topological polar surface area (TPSA) is 26.3 Å². The number of carbonyl (C=O) groups excluding carboxylic acids is 1. The summed E-state index contributed by atoms with van der Waals surface area (Å²) in [7, 11) is 0. The van der Waals surface area contributed by atoms with Crippen molar-refractivity contribution in [3.63, 3.8) is 0 Å². The average Bonchev–Trinajstić information content (AvgIpc) is 2.40. The summed E-state index contributed by atoms with van der Waals surface area (Å²) in [5.74, 6) is 0.917. The van der Waals surface area contributed by atoms with E-state index in [0.717, 1.165) is 16.9 Å². The van der Waals surface area contributed by atoms with E-state index in [0.29, 0.717) is 13.0 Å². The highest BCUT2D eigenvalue weighted by Crippen LogP contribution is 2.10. The molecule has 2 nitrogen and oxygen atoms in total. The maximum atomic E-state index is 11.9. The summed E-state index contributed by atoms with van der Waals surface area (Å²) >= 11 is 0. The van der Waals surface area contributed by atoms with Crippen LogP contribution in [0.15, 0.2) is 54.6 Å². The van der Waals surface area contributed by atoms with Crippen LogP contribution in [0.2, 0.25) is 0 Å². The molecule has 2 aromatic carbocycles. The molecule has 18 heavy (non-hydrogen) atoms. The summed E-state index contributed by atoms with van der Waals surface area (Å²) in [6, 6.07) is 17.2. The molecule has 2 heteroatoms. The van der Waals surface area contributed by atoms with Crippen LogP contribution in [0.25, 0.3) is 0 Å². The van der Waals surface area contributed by atoms with Gasteiger partial charge in [0.25, 0.3) is 0 Å². The normalized spacial score (nSPS) is 10.1. The van der Waals surface area contributed by atoms with Gasteiger partial charge in [0.05, 0.1) is 6.61 Å². The van der Waals surface area contributed by atoms with E-state index in [1.165, 1.54) is 0 Å². The number of benzene rings is 2. The summed E-state index contributed by atoms with van der Waals surface area (Å²) in [6.07, 6.45) is 0.401. The quantitative estimate of drug-likeness (QED) is 0.746. The van der Waals surface area contributed by atoms with E-state index in [9.17, 15) is 4.79 Å². The summed E-state index contributed by atoms with van der Waals surface area (Å²) in [6.45, 7) is 2.42. The molecule has 0 amide bonds. The molecule has 0 aliphatic carbocycles. The Morgan fingerprint density at radius 1 is 1.00 bits per heavy atom. The first-order chi connectivity index (χ1) is 8.75. The molecular weight excluding hydrogens is 224 g/mol. The Morgan fingerprint density at radius 3 is 2.33 bits per heavy atom. The molecule has 0 aliphatic heterocycles. The Bertz CT molecular complexity index is 500. The van der Waals surface area contributed by atoms with Crippen molar-refractivity contribution < 1.29 is 9.53 Å². The van der Waals surface area contributed by atoms with Crippen LogP contribution in [0.4, 0.5) is 0 Å². The first-order valence-electron chi connectivity index (χ1n) is 6.03. The highest BCUT2D eigenvalue weighted by atomic mass is 16.5. The zero-order valence-electron chi connectivity index (χ0n) is 10.4. The van der Waals surface area contributed by atoms with Gasteiger partial charge in [-0.1, -0.05) is 48.0 Å². The van der Waals surface area contributed by atoms with Crippen LogP contribution in [-0.2, 0) is 0 Å². The van der Waals surface area contributed by atoms with Crippen molar-refractivity contribution in [1.82, 2.24) is 0 Å². The fraction of sp³-hybridized carbons (Fsp3) is 0.188. The predicted molar refractivity (Wildman–Crippen MR) is 72.1 cm³/mol. The fourth-order valence-electron chi connectivity index (χ4n) is 1.66. The fourth-order valence-corrected chi connectivity index (χ4v) is 1.66. The van der Waals surface area contributed by atoms with Crippen molar-refractivity contribution in [3.05, 3.63) is 65.7 Å². The van der Waals surface area contributed by atoms with Gasteiger partial charge in [0, 0.05) is 12.0 Å². The van der Waals surface area contributed by atoms with Crippen molar-refractivity contribution in [3.8, 4) is 5.75 Å². The Balaban J connectivity index is 1.84. The van der Waals surface area contributed by atoms with E-state index in [1.807, 2.05) is 61.5 Å². The number of ketones is 1. The lowest BCUT2D eigenvalue weighted by molar-refractivity contribution is 0.0962. The first kappa shape index (κ1) is 12.4. The van der Waals surface area contributed by atoms with Crippen molar-refractivity contribution in [2.45, 2.75) is 13.3 Å². The number of Topliss-reactive ketones (excluding diaryl/α,β-unsaturated/α-hetero) is 1.